The van der Waals surface area contributed by atoms with Crippen LogP contribution in [0.1, 0.15) is 41.0 Å². The van der Waals surface area contributed by atoms with Crippen LogP contribution in [0.5, 0.6) is 0 Å². The minimum absolute atomic E-state index is 0.197. The molecule has 0 spiro atoms. The lowest BCUT2D eigenvalue weighted by Crippen LogP contribution is -2.55. The first-order valence-corrected chi connectivity index (χ1v) is 5.93. The third-order valence-electron chi connectivity index (χ3n) is 3.08. The summed E-state index contributed by atoms with van der Waals surface area (Å²) in [4.78, 5) is 24.3. The minimum Gasteiger partial charge on any atom is -0.480 e. The van der Waals surface area contributed by atoms with Crippen molar-refractivity contribution >= 4 is 12.1 Å². The largest absolute Gasteiger partial charge is 0.480 e. The predicted molar refractivity (Wildman–Crippen MR) is 63.9 cm³/mol. The molecule has 1 amide bonds. The van der Waals surface area contributed by atoms with Crippen molar-refractivity contribution in [3.8, 4) is 0 Å². The summed E-state index contributed by atoms with van der Waals surface area (Å²) < 4.78 is 5.15. The molecule has 0 aromatic heterocycles. The summed E-state index contributed by atoms with van der Waals surface area (Å²) in [6.45, 7) is 8.20. The third kappa shape index (κ3) is 2.58. The van der Waals surface area contributed by atoms with Crippen molar-refractivity contribution in [2.75, 3.05) is 0 Å². The minimum atomic E-state index is -1.43. The molecule has 1 rings (SSSR count). The van der Waals surface area contributed by atoms with E-state index in [1.54, 1.807) is 27.7 Å². The van der Waals surface area contributed by atoms with E-state index in [9.17, 15) is 19.8 Å². The van der Waals surface area contributed by atoms with Gasteiger partial charge in [-0.15, -0.1) is 0 Å². The summed E-state index contributed by atoms with van der Waals surface area (Å²) in [6.07, 6.45) is -1.74. The Kier molecular flexibility index (Phi) is 3.63. The van der Waals surface area contributed by atoms with Crippen molar-refractivity contribution in [3.63, 3.8) is 0 Å². The molecular formula is C12H21NO5. The van der Waals surface area contributed by atoms with Crippen molar-refractivity contribution in [1.29, 1.82) is 0 Å². The van der Waals surface area contributed by atoms with Crippen LogP contribution < -0.4 is 0 Å². The summed E-state index contributed by atoms with van der Waals surface area (Å²) in [6, 6.07) is 0. The van der Waals surface area contributed by atoms with Gasteiger partial charge in [0.1, 0.15) is 17.4 Å². The number of carbonyl (C=O) groups excluding carboxylic acids is 1. The Bertz CT molecular complexity index is 362. The zero-order chi connectivity index (χ0) is 14.3. The molecule has 0 aromatic carbocycles. The van der Waals surface area contributed by atoms with Gasteiger partial charge in [0.25, 0.3) is 0 Å². The van der Waals surface area contributed by atoms with E-state index in [1.807, 2.05) is 0 Å². The van der Waals surface area contributed by atoms with Crippen molar-refractivity contribution in [2.24, 2.45) is 5.92 Å². The lowest BCUT2D eigenvalue weighted by Gasteiger charge is -2.34. The van der Waals surface area contributed by atoms with Crippen LogP contribution in [0, 0.1) is 5.92 Å². The average Bonchev–Trinajstić information content (AvgIpc) is 2.36. The van der Waals surface area contributed by atoms with E-state index >= 15 is 0 Å². The zero-order valence-corrected chi connectivity index (χ0v) is 11.4. The number of carboxylic acid groups (broad SMARTS) is 1. The highest BCUT2D eigenvalue weighted by Gasteiger charge is 2.55. The first kappa shape index (κ1) is 14.8. The summed E-state index contributed by atoms with van der Waals surface area (Å²) in [5.41, 5.74) is -2.16. The number of likely N-dealkylation sites (tertiary alicyclic amines) is 1. The van der Waals surface area contributed by atoms with E-state index < -0.39 is 29.4 Å². The molecule has 18 heavy (non-hydrogen) atoms. The third-order valence-corrected chi connectivity index (χ3v) is 3.08. The summed E-state index contributed by atoms with van der Waals surface area (Å²) in [7, 11) is 0. The number of aliphatic carboxylic acids is 1. The molecule has 6 nitrogen and oxygen atoms in total. The molecule has 2 N–H and O–H groups in total. The number of hydrogen-bond donors (Lipinski definition) is 2. The molecule has 104 valence electrons. The second-order valence-corrected chi connectivity index (χ2v) is 6.02. The number of aliphatic hydroxyl groups excluding tert-OH is 1. The van der Waals surface area contributed by atoms with Gasteiger partial charge in [-0.05, 0) is 34.1 Å². The second-order valence-electron chi connectivity index (χ2n) is 6.02. The highest BCUT2D eigenvalue weighted by molar-refractivity contribution is 5.85. The monoisotopic (exact) mass is 259 g/mol. The van der Waals surface area contributed by atoms with Crippen LogP contribution in [0.4, 0.5) is 4.79 Å². The fourth-order valence-corrected chi connectivity index (χ4v) is 2.19. The molecule has 0 saturated carbocycles. The van der Waals surface area contributed by atoms with Gasteiger partial charge in [0.05, 0.1) is 0 Å². The Labute approximate surface area is 107 Å². The highest BCUT2D eigenvalue weighted by Crippen LogP contribution is 2.38. The van der Waals surface area contributed by atoms with Crippen LogP contribution in [0.2, 0.25) is 0 Å². The molecule has 6 heteroatoms. The number of carboxylic acids is 1. The predicted octanol–water partition coefficient (Wildman–Crippen LogP) is 1.43. The van der Waals surface area contributed by atoms with Gasteiger partial charge in [0.15, 0.2) is 0 Å². The SMILES string of the molecule is CC1C[C@@](C)(C(=O)O)N(C(=O)OC(C)(C)C)C1O. The lowest BCUT2D eigenvalue weighted by molar-refractivity contribution is -0.152. The number of rotatable bonds is 1. The molecule has 1 heterocycles. The van der Waals surface area contributed by atoms with Gasteiger partial charge in [-0.3, -0.25) is 4.90 Å². The van der Waals surface area contributed by atoms with Crippen molar-refractivity contribution in [3.05, 3.63) is 0 Å². The fraction of sp³-hybridized carbons (Fsp3) is 0.833. The maximum absolute atomic E-state index is 12.0. The Morgan fingerprint density at radius 3 is 2.28 bits per heavy atom. The second kappa shape index (κ2) is 4.42. The molecule has 0 radical (unpaired) electrons. The Balaban J connectivity index is 3.03. The topological polar surface area (TPSA) is 87.1 Å². The number of amides is 1. The van der Waals surface area contributed by atoms with E-state index in [1.165, 1.54) is 6.92 Å². The average molecular weight is 259 g/mol. The van der Waals surface area contributed by atoms with Crippen molar-refractivity contribution < 1.29 is 24.5 Å². The van der Waals surface area contributed by atoms with Gasteiger partial charge in [-0.25, -0.2) is 9.59 Å². The number of nitrogens with zero attached hydrogens (tertiary/aromatic N) is 1. The van der Waals surface area contributed by atoms with E-state index in [0.717, 1.165) is 4.90 Å². The van der Waals surface area contributed by atoms with Gasteiger partial charge in [0, 0.05) is 5.92 Å². The molecule has 1 aliphatic rings. The first-order chi connectivity index (χ1) is 7.99. The van der Waals surface area contributed by atoms with Crippen LogP contribution in [0.3, 0.4) is 0 Å². The summed E-state index contributed by atoms with van der Waals surface area (Å²) >= 11 is 0. The normalized spacial score (nSPS) is 32.4. The quantitative estimate of drug-likeness (QED) is 0.743. The molecule has 1 fully saturated rings. The smallest absolute Gasteiger partial charge is 0.413 e. The van der Waals surface area contributed by atoms with Crippen LogP contribution in [-0.4, -0.2) is 44.5 Å². The number of hydrogen-bond acceptors (Lipinski definition) is 4. The molecule has 1 saturated heterocycles. The fourth-order valence-electron chi connectivity index (χ4n) is 2.19. The lowest BCUT2D eigenvalue weighted by atomic mass is 9.95. The Hall–Kier alpha value is -1.30. The number of aliphatic hydroxyl groups is 1. The Morgan fingerprint density at radius 2 is 1.89 bits per heavy atom. The van der Waals surface area contributed by atoms with E-state index in [0.29, 0.717) is 0 Å². The Morgan fingerprint density at radius 1 is 1.39 bits per heavy atom. The molecular weight excluding hydrogens is 238 g/mol. The maximum Gasteiger partial charge on any atom is 0.413 e. The van der Waals surface area contributed by atoms with Gasteiger partial charge >= 0.3 is 12.1 Å². The molecule has 0 bridgehead atoms. The first-order valence-electron chi connectivity index (χ1n) is 5.93. The van der Waals surface area contributed by atoms with Gasteiger partial charge < -0.3 is 14.9 Å². The van der Waals surface area contributed by atoms with Gasteiger partial charge in [0.2, 0.25) is 0 Å². The van der Waals surface area contributed by atoms with Crippen LogP contribution in [-0.2, 0) is 9.53 Å². The van der Waals surface area contributed by atoms with E-state index in [2.05, 4.69) is 0 Å². The molecule has 0 aliphatic carbocycles. The molecule has 0 aromatic rings. The van der Waals surface area contributed by atoms with Crippen molar-refractivity contribution in [1.82, 2.24) is 4.90 Å². The van der Waals surface area contributed by atoms with E-state index in [-0.39, 0.29) is 12.3 Å². The standard InChI is InChI=1S/C12H21NO5/c1-7-6-12(5,9(15)16)13(8(7)14)10(17)18-11(2,3)4/h7-8,14H,6H2,1-5H3,(H,15,16)/t7?,8?,12-/m0/s1. The van der Waals surface area contributed by atoms with Gasteiger partial charge in [-0.2, -0.15) is 0 Å². The summed E-state index contributed by atoms with van der Waals surface area (Å²) in [5, 5.41) is 19.2. The van der Waals surface area contributed by atoms with E-state index in [4.69, 9.17) is 4.74 Å². The summed E-state index contributed by atoms with van der Waals surface area (Å²) in [5.74, 6) is -1.45. The van der Waals surface area contributed by atoms with Crippen LogP contribution >= 0.6 is 0 Å². The molecule has 2 unspecified atom stereocenters. The van der Waals surface area contributed by atoms with Crippen molar-refractivity contribution in [2.45, 2.75) is 58.4 Å². The zero-order valence-electron chi connectivity index (χ0n) is 11.4. The molecule has 3 atom stereocenters. The molecule has 1 aliphatic heterocycles. The van der Waals surface area contributed by atoms with Gasteiger partial charge in [-0.1, -0.05) is 6.92 Å². The maximum atomic E-state index is 12.0. The van der Waals surface area contributed by atoms with Crippen LogP contribution in [0.25, 0.3) is 0 Å². The van der Waals surface area contributed by atoms with Crippen LogP contribution in [0.15, 0.2) is 0 Å². The number of ether oxygens (including phenoxy) is 1. The number of carbonyl (C=O) groups is 2. The highest BCUT2D eigenvalue weighted by atomic mass is 16.6.